The summed E-state index contributed by atoms with van der Waals surface area (Å²) in [7, 11) is -3.86. The molecule has 0 radical (unpaired) electrons. The molecule has 13 heavy (non-hydrogen) atoms. The van der Waals surface area contributed by atoms with Crippen LogP contribution in [0, 0.1) is 0 Å². The number of hydrogen-bond acceptors (Lipinski definition) is 4. The normalized spacial score (nSPS) is 10.8. The van der Waals surface area contributed by atoms with E-state index >= 15 is 0 Å². The number of benzene rings is 1. The van der Waals surface area contributed by atoms with E-state index < -0.39 is 10.1 Å². The number of rotatable bonds is 4. The van der Waals surface area contributed by atoms with E-state index in [2.05, 4.69) is 4.28 Å². The molecule has 0 aliphatic rings. The van der Waals surface area contributed by atoms with Crippen molar-refractivity contribution in [2.24, 2.45) is 0 Å². The van der Waals surface area contributed by atoms with Crippen LogP contribution in [0.25, 0.3) is 0 Å². The molecular weight excluding hydrogens is 194 g/mol. The predicted octanol–water partition coefficient (Wildman–Crippen LogP) is 0.0529. The third kappa shape index (κ3) is 2.53. The van der Waals surface area contributed by atoms with Gasteiger partial charge in [-0.15, -0.1) is 4.28 Å². The molecular formula is C7H7NO4S. The highest BCUT2D eigenvalue weighted by Crippen LogP contribution is 2.09. The van der Waals surface area contributed by atoms with Gasteiger partial charge in [-0.05, 0) is 12.1 Å². The van der Waals surface area contributed by atoms with Crippen molar-refractivity contribution in [3.63, 3.8) is 0 Å². The van der Waals surface area contributed by atoms with E-state index in [1.165, 1.54) is 12.1 Å². The summed E-state index contributed by atoms with van der Waals surface area (Å²) < 4.78 is 26.4. The molecule has 0 bridgehead atoms. The van der Waals surface area contributed by atoms with Crippen molar-refractivity contribution in [3.8, 4) is 0 Å². The summed E-state index contributed by atoms with van der Waals surface area (Å²) in [6.45, 7) is 0. The molecule has 0 unspecified atom stereocenters. The van der Waals surface area contributed by atoms with Crippen molar-refractivity contribution < 1.29 is 17.5 Å². The topological polar surface area (TPSA) is 72.5 Å². The molecule has 0 heterocycles. The van der Waals surface area contributed by atoms with Gasteiger partial charge in [-0.1, -0.05) is 18.2 Å². The van der Waals surface area contributed by atoms with Gasteiger partial charge in [0.25, 0.3) is 0 Å². The van der Waals surface area contributed by atoms with Crippen LogP contribution in [0.3, 0.4) is 0 Å². The van der Waals surface area contributed by atoms with Crippen LogP contribution in [0.15, 0.2) is 35.2 Å². The summed E-state index contributed by atoms with van der Waals surface area (Å²) in [6.07, 6.45) is 0.139. The Kier molecular flexibility index (Phi) is 2.99. The Hall–Kier alpha value is -1.40. The quantitative estimate of drug-likeness (QED) is 0.552. The van der Waals surface area contributed by atoms with Gasteiger partial charge in [0.1, 0.15) is 0 Å². The van der Waals surface area contributed by atoms with E-state index in [0.29, 0.717) is 0 Å². The SMILES string of the molecule is O=CNOS(=O)(=O)c1ccccc1. The zero-order chi connectivity index (χ0) is 9.73. The highest BCUT2D eigenvalue weighted by molar-refractivity contribution is 7.86. The van der Waals surface area contributed by atoms with E-state index in [-0.39, 0.29) is 11.3 Å². The van der Waals surface area contributed by atoms with Gasteiger partial charge in [0, 0.05) is 0 Å². The maximum atomic E-state index is 11.1. The number of amides is 1. The summed E-state index contributed by atoms with van der Waals surface area (Å²) in [6, 6.07) is 7.50. The first-order valence-corrected chi connectivity index (χ1v) is 4.75. The minimum atomic E-state index is -3.86. The van der Waals surface area contributed by atoms with E-state index in [9.17, 15) is 13.2 Å². The van der Waals surface area contributed by atoms with Crippen LogP contribution in [-0.4, -0.2) is 14.8 Å². The van der Waals surface area contributed by atoms with Gasteiger partial charge < -0.3 is 0 Å². The van der Waals surface area contributed by atoms with Gasteiger partial charge in [0.15, 0.2) is 0 Å². The standard InChI is InChI=1S/C7H7NO4S/c9-6-8-12-13(10,11)7-4-2-1-3-5-7/h1-6H,(H,8,9). The molecule has 0 aliphatic carbocycles. The lowest BCUT2D eigenvalue weighted by Crippen LogP contribution is -2.18. The summed E-state index contributed by atoms with van der Waals surface area (Å²) in [4.78, 5) is 9.77. The molecule has 0 fully saturated rings. The van der Waals surface area contributed by atoms with Crippen LogP contribution in [0.5, 0.6) is 0 Å². The van der Waals surface area contributed by atoms with Crippen molar-refractivity contribution in [3.05, 3.63) is 30.3 Å². The second-order valence-corrected chi connectivity index (χ2v) is 3.63. The molecule has 0 atom stereocenters. The molecule has 1 N–H and O–H groups in total. The van der Waals surface area contributed by atoms with Gasteiger partial charge in [-0.2, -0.15) is 8.42 Å². The zero-order valence-corrected chi connectivity index (χ0v) is 7.32. The Morgan fingerprint density at radius 1 is 1.23 bits per heavy atom. The fourth-order valence-corrected chi connectivity index (χ4v) is 1.47. The minimum Gasteiger partial charge on any atom is -0.277 e. The van der Waals surface area contributed by atoms with E-state index in [1.807, 2.05) is 0 Å². The van der Waals surface area contributed by atoms with Crippen LogP contribution in [0.2, 0.25) is 0 Å². The lowest BCUT2D eigenvalue weighted by atomic mass is 10.4. The molecule has 0 aromatic heterocycles. The fourth-order valence-electron chi connectivity index (χ4n) is 0.718. The lowest BCUT2D eigenvalue weighted by molar-refractivity contribution is -0.115. The highest BCUT2D eigenvalue weighted by Gasteiger charge is 2.13. The largest absolute Gasteiger partial charge is 0.317 e. The Morgan fingerprint density at radius 2 is 1.85 bits per heavy atom. The maximum Gasteiger partial charge on any atom is 0.317 e. The van der Waals surface area contributed by atoms with Gasteiger partial charge in [-0.25, -0.2) is 5.48 Å². The third-order valence-corrected chi connectivity index (χ3v) is 2.40. The van der Waals surface area contributed by atoms with Crippen LogP contribution in [0.1, 0.15) is 0 Å². The van der Waals surface area contributed by atoms with Gasteiger partial charge in [0.2, 0.25) is 6.41 Å². The van der Waals surface area contributed by atoms with Gasteiger partial charge >= 0.3 is 10.1 Å². The summed E-state index contributed by atoms with van der Waals surface area (Å²) in [5.74, 6) is 0. The van der Waals surface area contributed by atoms with Gasteiger partial charge in [-0.3, -0.25) is 4.79 Å². The average molecular weight is 201 g/mol. The Morgan fingerprint density at radius 3 is 2.38 bits per heavy atom. The van der Waals surface area contributed by atoms with Crippen LogP contribution in [-0.2, 0) is 19.2 Å². The molecule has 0 aliphatic heterocycles. The molecule has 1 aromatic rings. The highest BCUT2D eigenvalue weighted by atomic mass is 32.2. The molecule has 5 nitrogen and oxygen atoms in total. The Bertz CT molecular complexity index is 373. The number of carbonyl (C=O) groups excluding carboxylic acids is 1. The van der Waals surface area contributed by atoms with Crippen molar-refractivity contribution in [1.82, 2.24) is 5.48 Å². The van der Waals surface area contributed by atoms with E-state index in [1.54, 1.807) is 23.7 Å². The second kappa shape index (κ2) is 4.01. The second-order valence-electron chi connectivity index (χ2n) is 2.09. The Labute approximate surface area is 75.4 Å². The first-order chi connectivity index (χ1) is 6.17. The fraction of sp³-hybridized carbons (Fsp3) is 0. The smallest absolute Gasteiger partial charge is 0.277 e. The van der Waals surface area contributed by atoms with Crippen molar-refractivity contribution in [2.75, 3.05) is 0 Å². The van der Waals surface area contributed by atoms with Crippen LogP contribution < -0.4 is 5.48 Å². The molecule has 1 amide bonds. The lowest BCUT2D eigenvalue weighted by Gasteiger charge is -2.01. The number of carbonyl (C=O) groups is 1. The van der Waals surface area contributed by atoms with Crippen LogP contribution in [0.4, 0.5) is 0 Å². The van der Waals surface area contributed by atoms with Crippen molar-refractivity contribution >= 4 is 16.5 Å². The maximum absolute atomic E-state index is 11.1. The molecule has 0 spiro atoms. The predicted molar refractivity (Wildman–Crippen MR) is 43.9 cm³/mol. The minimum absolute atomic E-state index is 0.00986. The summed E-state index contributed by atoms with van der Waals surface area (Å²) >= 11 is 0. The number of hydroxylamine groups is 1. The zero-order valence-electron chi connectivity index (χ0n) is 6.51. The van der Waals surface area contributed by atoms with Crippen LogP contribution >= 0.6 is 0 Å². The van der Waals surface area contributed by atoms with E-state index in [4.69, 9.17) is 0 Å². The number of nitrogens with one attached hydrogen (secondary N) is 1. The molecule has 0 saturated carbocycles. The third-order valence-electron chi connectivity index (χ3n) is 1.24. The summed E-state index contributed by atoms with van der Waals surface area (Å²) in [5.41, 5.74) is 1.62. The monoisotopic (exact) mass is 201 g/mol. The average Bonchev–Trinajstić information content (AvgIpc) is 2.16. The number of hydrogen-bond donors (Lipinski definition) is 1. The molecule has 70 valence electrons. The van der Waals surface area contributed by atoms with Gasteiger partial charge in [0.05, 0.1) is 4.90 Å². The molecule has 6 heteroatoms. The molecule has 1 rings (SSSR count). The molecule has 0 saturated heterocycles. The first kappa shape index (κ1) is 9.69. The van der Waals surface area contributed by atoms with Crippen molar-refractivity contribution in [1.29, 1.82) is 0 Å². The summed E-state index contributed by atoms with van der Waals surface area (Å²) in [5, 5.41) is 0. The molecule has 1 aromatic carbocycles. The van der Waals surface area contributed by atoms with Crippen molar-refractivity contribution in [2.45, 2.75) is 4.90 Å². The first-order valence-electron chi connectivity index (χ1n) is 3.34. The van der Waals surface area contributed by atoms with E-state index in [0.717, 1.165) is 0 Å². The Balaban J connectivity index is 2.88.